The number of fused-ring (bicyclic) bond motifs is 2. The van der Waals surface area contributed by atoms with Gasteiger partial charge in [-0.2, -0.15) is 0 Å². The molecule has 5 rings (SSSR count). The quantitative estimate of drug-likeness (QED) is 0.411. The van der Waals surface area contributed by atoms with Crippen molar-refractivity contribution in [3.05, 3.63) is 84.4 Å². The van der Waals surface area contributed by atoms with Crippen molar-refractivity contribution in [1.82, 2.24) is 19.9 Å². The van der Waals surface area contributed by atoms with Crippen molar-refractivity contribution in [3.63, 3.8) is 0 Å². The summed E-state index contributed by atoms with van der Waals surface area (Å²) in [6, 6.07) is 14.8. The van der Waals surface area contributed by atoms with Crippen LogP contribution in [0.25, 0.3) is 21.3 Å². The van der Waals surface area contributed by atoms with Gasteiger partial charge in [0.1, 0.15) is 5.75 Å². The lowest BCUT2D eigenvalue weighted by molar-refractivity contribution is 0.0985. The Kier molecular flexibility index (Phi) is 4.97. The van der Waals surface area contributed by atoms with Crippen LogP contribution in [-0.2, 0) is 6.54 Å². The Hall–Kier alpha value is -3.91. The molecule has 3 heterocycles. The summed E-state index contributed by atoms with van der Waals surface area (Å²) in [6.45, 7) is 0.349. The number of amides is 1. The number of benzene rings is 2. The Morgan fingerprint density at radius 3 is 2.65 bits per heavy atom. The Morgan fingerprint density at radius 2 is 1.84 bits per heavy atom. The lowest BCUT2D eigenvalue weighted by atomic mass is 10.1. The number of thiazole rings is 1. The van der Waals surface area contributed by atoms with Gasteiger partial charge in [-0.25, -0.2) is 4.98 Å². The zero-order valence-electron chi connectivity index (χ0n) is 16.6. The first-order chi connectivity index (χ1) is 15.2. The normalized spacial score (nSPS) is 11.0. The van der Waals surface area contributed by atoms with Gasteiger partial charge in [0.2, 0.25) is 0 Å². The average Bonchev–Trinajstić information content (AvgIpc) is 3.25. The third-order valence-electron chi connectivity index (χ3n) is 4.84. The van der Waals surface area contributed by atoms with Gasteiger partial charge in [0.05, 0.1) is 34.9 Å². The summed E-state index contributed by atoms with van der Waals surface area (Å²) < 4.78 is 6.27. The largest absolute Gasteiger partial charge is 0.497 e. The molecule has 0 saturated carbocycles. The molecule has 152 valence electrons. The molecule has 1 amide bonds. The number of carbonyl (C=O) groups excluding carboxylic acids is 1. The number of rotatable bonds is 5. The van der Waals surface area contributed by atoms with Crippen LogP contribution in [-0.4, -0.2) is 33.0 Å². The Balaban J connectivity index is 1.58. The number of ether oxygens (including phenoxy) is 1. The van der Waals surface area contributed by atoms with Crippen LogP contribution < -0.4 is 9.64 Å². The van der Waals surface area contributed by atoms with Crippen LogP contribution in [0.2, 0.25) is 0 Å². The molecule has 3 aromatic heterocycles. The Morgan fingerprint density at radius 1 is 1.00 bits per heavy atom. The van der Waals surface area contributed by atoms with Gasteiger partial charge in [0, 0.05) is 30.4 Å². The number of carbonyl (C=O) groups is 1. The molecule has 0 fully saturated rings. The van der Waals surface area contributed by atoms with E-state index in [0.29, 0.717) is 22.8 Å². The first-order valence-electron chi connectivity index (χ1n) is 9.57. The van der Waals surface area contributed by atoms with E-state index in [1.54, 1.807) is 55.0 Å². The number of hydrogen-bond donors (Lipinski definition) is 0. The minimum Gasteiger partial charge on any atom is -0.497 e. The van der Waals surface area contributed by atoms with Gasteiger partial charge >= 0.3 is 0 Å². The second-order valence-electron chi connectivity index (χ2n) is 6.84. The number of methoxy groups -OCH3 is 1. The zero-order chi connectivity index (χ0) is 21.2. The molecule has 0 N–H and O–H groups in total. The van der Waals surface area contributed by atoms with Crippen molar-refractivity contribution in [3.8, 4) is 5.75 Å². The predicted octanol–water partition coefficient (Wildman–Crippen LogP) is 4.49. The van der Waals surface area contributed by atoms with Gasteiger partial charge in [-0.1, -0.05) is 17.4 Å². The van der Waals surface area contributed by atoms with Gasteiger partial charge in [0.15, 0.2) is 5.13 Å². The highest BCUT2D eigenvalue weighted by atomic mass is 32.1. The van der Waals surface area contributed by atoms with Crippen molar-refractivity contribution in [2.45, 2.75) is 6.54 Å². The molecule has 0 unspecified atom stereocenters. The first kappa shape index (κ1) is 19.1. The predicted molar refractivity (Wildman–Crippen MR) is 120 cm³/mol. The van der Waals surface area contributed by atoms with E-state index < -0.39 is 0 Å². The fraction of sp³-hybridized carbons (Fsp3) is 0.0870. The van der Waals surface area contributed by atoms with E-state index in [1.807, 2.05) is 30.3 Å². The third kappa shape index (κ3) is 3.80. The number of anilines is 1. The summed E-state index contributed by atoms with van der Waals surface area (Å²) in [5.41, 5.74) is 3.66. The monoisotopic (exact) mass is 427 g/mol. The third-order valence-corrected chi connectivity index (χ3v) is 5.88. The van der Waals surface area contributed by atoms with Gasteiger partial charge < -0.3 is 4.74 Å². The van der Waals surface area contributed by atoms with Crippen molar-refractivity contribution < 1.29 is 9.53 Å². The van der Waals surface area contributed by atoms with Crippen LogP contribution in [0.4, 0.5) is 5.13 Å². The maximum atomic E-state index is 13.6. The summed E-state index contributed by atoms with van der Waals surface area (Å²) in [4.78, 5) is 32.8. The van der Waals surface area contributed by atoms with Crippen molar-refractivity contribution >= 4 is 43.6 Å². The highest BCUT2D eigenvalue weighted by Gasteiger charge is 2.22. The molecule has 0 saturated heterocycles. The SMILES string of the molecule is COc1ccc2nc(N(Cc3cccnc3)C(=O)c3ccc4nccnc4c3)sc2c1. The molecule has 0 atom stereocenters. The molecule has 0 aliphatic carbocycles. The maximum absolute atomic E-state index is 13.6. The van der Waals surface area contributed by atoms with Crippen LogP contribution in [0, 0.1) is 0 Å². The average molecular weight is 427 g/mol. The number of hydrogen-bond acceptors (Lipinski definition) is 7. The molecule has 0 aliphatic heterocycles. The van der Waals surface area contributed by atoms with Crippen LogP contribution in [0.5, 0.6) is 5.75 Å². The maximum Gasteiger partial charge on any atom is 0.260 e. The molecule has 7 nitrogen and oxygen atoms in total. The van der Waals surface area contributed by atoms with E-state index in [0.717, 1.165) is 27.0 Å². The summed E-state index contributed by atoms with van der Waals surface area (Å²) in [5.74, 6) is 0.586. The van der Waals surface area contributed by atoms with Crippen molar-refractivity contribution in [2.24, 2.45) is 0 Å². The van der Waals surface area contributed by atoms with E-state index in [2.05, 4.69) is 15.0 Å². The zero-order valence-corrected chi connectivity index (χ0v) is 17.4. The van der Waals surface area contributed by atoms with Crippen molar-refractivity contribution in [2.75, 3.05) is 12.0 Å². The minimum absolute atomic E-state index is 0.164. The standard InChI is InChI=1S/C23H17N5O2S/c1-30-17-5-7-19-21(12-17)31-23(27-19)28(14-15-3-2-8-24-13-15)22(29)16-4-6-18-20(11-16)26-10-9-25-18/h2-13H,14H2,1H3. The topological polar surface area (TPSA) is 81.1 Å². The van der Waals surface area contributed by atoms with E-state index in [1.165, 1.54) is 11.3 Å². The summed E-state index contributed by atoms with van der Waals surface area (Å²) in [6.07, 6.45) is 6.71. The van der Waals surface area contributed by atoms with Crippen LogP contribution in [0.3, 0.4) is 0 Å². The van der Waals surface area contributed by atoms with Crippen molar-refractivity contribution in [1.29, 1.82) is 0 Å². The molecule has 5 aromatic rings. The number of nitrogens with zero attached hydrogens (tertiary/aromatic N) is 5. The molecule has 0 radical (unpaired) electrons. The van der Waals surface area contributed by atoms with Gasteiger partial charge in [0.25, 0.3) is 5.91 Å². The molecular formula is C23H17N5O2S. The molecule has 0 bridgehead atoms. The van der Waals surface area contributed by atoms with E-state index in [-0.39, 0.29) is 5.91 Å². The Labute approximate surface area is 182 Å². The minimum atomic E-state index is -0.164. The molecule has 31 heavy (non-hydrogen) atoms. The van der Waals surface area contributed by atoms with Gasteiger partial charge in [-0.3, -0.25) is 24.6 Å². The highest BCUT2D eigenvalue weighted by molar-refractivity contribution is 7.22. The van der Waals surface area contributed by atoms with E-state index in [4.69, 9.17) is 9.72 Å². The summed E-state index contributed by atoms with van der Waals surface area (Å²) in [7, 11) is 1.63. The van der Waals surface area contributed by atoms with Crippen LogP contribution in [0.15, 0.2) is 73.3 Å². The van der Waals surface area contributed by atoms with Gasteiger partial charge in [-0.05, 0) is 48.0 Å². The van der Waals surface area contributed by atoms with Crippen LogP contribution >= 0.6 is 11.3 Å². The Bertz CT molecular complexity index is 1390. The highest BCUT2D eigenvalue weighted by Crippen LogP contribution is 2.33. The van der Waals surface area contributed by atoms with E-state index >= 15 is 0 Å². The molecule has 0 aliphatic rings. The summed E-state index contributed by atoms with van der Waals surface area (Å²) in [5, 5.41) is 0.608. The lowest BCUT2D eigenvalue weighted by Gasteiger charge is -2.20. The molecule has 8 heteroatoms. The molecule has 0 spiro atoms. The number of pyridine rings is 1. The second kappa shape index (κ2) is 8.08. The molecule has 2 aromatic carbocycles. The lowest BCUT2D eigenvalue weighted by Crippen LogP contribution is -2.30. The van der Waals surface area contributed by atoms with Gasteiger partial charge in [-0.15, -0.1) is 0 Å². The first-order valence-corrected chi connectivity index (χ1v) is 10.4. The fourth-order valence-electron chi connectivity index (χ4n) is 3.29. The summed E-state index contributed by atoms with van der Waals surface area (Å²) >= 11 is 1.45. The number of aromatic nitrogens is 4. The fourth-order valence-corrected chi connectivity index (χ4v) is 4.28. The van der Waals surface area contributed by atoms with E-state index in [9.17, 15) is 4.79 Å². The smallest absolute Gasteiger partial charge is 0.260 e. The van der Waals surface area contributed by atoms with Crippen LogP contribution in [0.1, 0.15) is 15.9 Å². The second-order valence-corrected chi connectivity index (χ2v) is 7.85. The molecular weight excluding hydrogens is 410 g/mol.